The van der Waals surface area contributed by atoms with Crippen LogP contribution in [0.15, 0.2) is 4.99 Å². The first-order valence-corrected chi connectivity index (χ1v) is 10.0. The fourth-order valence-electron chi connectivity index (χ4n) is 3.22. The van der Waals surface area contributed by atoms with Crippen LogP contribution in [0.4, 0.5) is 0 Å². The Morgan fingerprint density at radius 1 is 0.773 bits per heavy atom. The van der Waals surface area contributed by atoms with Gasteiger partial charge in [-0.2, -0.15) is 0 Å². The Bertz CT molecular complexity index is 260. The lowest BCUT2D eigenvalue weighted by Crippen LogP contribution is -2.20. The molecule has 0 atom stereocenters. The monoisotopic (exact) mass is 308 g/mol. The van der Waals surface area contributed by atoms with E-state index in [2.05, 4.69) is 23.7 Å². The van der Waals surface area contributed by atoms with Gasteiger partial charge in [-0.3, -0.25) is 4.99 Å². The largest absolute Gasteiger partial charge is 0.361 e. The highest BCUT2D eigenvalue weighted by Crippen LogP contribution is 2.14. The molecule has 2 heteroatoms. The molecule has 0 fully saturated rings. The molecule has 1 aliphatic rings. The molecule has 0 bridgehead atoms. The fraction of sp³-hybridized carbons (Fsp3) is 0.950. The molecular weight excluding hydrogens is 268 g/mol. The second-order valence-corrected chi connectivity index (χ2v) is 7.48. The van der Waals surface area contributed by atoms with Crippen LogP contribution in [-0.4, -0.2) is 30.9 Å². The third-order valence-corrected chi connectivity index (χ3v) is 4.74. The molecule has 0 aliphatic carbocycles. The van der Waals surface area contributed by atoms with Crippen molar-refractivity contribution in [2.75, 3.05) is 19.6 Å². The molecule has 2 nitrogen and oxygen atoms in total. The molecule has 1 aliphatic heterocycles. The van der Waals surface area contributed by atoms with E-state index < -0.39 is 0 Å². The van der Waals surface area contributed by atoms with Gasteiger partial charge in [0.2, 0.25) is 0 Å². The zero-order valence-electron chi connectivity index (χ0n) is 15.4. The summed E-state index contributed by atoms with van der Waals surface area (Å²) in [6.45, 7) is 8.05. The van der Waals surface area contributed by atoms with Gasteiger partial charge in [-0.1, -0.05) is 90.9 Å². The van der Waals surface area contributed by atoms with E-state index >= 15 is 0 Å². The van der Waals surface area contributed by atoms with Crippen LogP contribution in [0.2, 0.25) is 0 Å². The van der Waals surface area contributed by atoms with Crippen LogP contribution in [0, 0.1) is 5.92 Å². The summed E-state index contributed by atoms with van der Waals surface area (Å²) in [6.07, 6.45) is 20.8. The Morgan fingerprint density at radius 2 is 1.27 bits per heavy atom. The van der Waals surface area contributed by atoms with Gasteiger partial charge >= 0.3 is 0 Å². The highest BCUT2D eigenvalue weighted by atomic mass is 15.2. The number of unbranched alkanes of at least 4 members (excludes halogenated alkanes) is 11. The van der Waals surface area contributed by atoms with Gasteiger partial charge in [0, 0.05) is 13.1 Å². The van der Waals surface area contributed by atoms with E-state index in [9.17, 15) is 0 Å². The zero-order valence-corrected chi connectivity index (χ0v) is 15.4. The molecule has 22 heavy (non-hydrogen) atoms. The quantitative estimate of drug-likeness (QED) is 0.336. The highest BCUT2D eigenvalue weighted by molar-refractivity contribution is 5.56. The molecule has 1 rings (SSSR count). The van der Waals surface area contributed by atoms with Crippen molar-refractivity contribution in [3.8, 4) is 0 Å². The van der Waals surface area contributed by atoms with Gasteiger partial charge in [-0.15, -0.1) is 0 Å². The van der Waals surface area contributed by atoms with Crippen molar-refractivity contribution in [3.05, 3.63) is 0 Å². The number of aliphatic imine (C=N–C) groups is 1. The minimum Gasteiger partial charge on any atom is -0.361 e. The van der Waals surface area contributed by atoms with Crippen molar-refractivity contribution in [2.24, 2.45) is 10.9 Å². The van der Waals surface area contributed by atoms with Crippen LogP contribution >= 0.6 is 0 Å². The summed E-state index contributed by atoms with van der Waals surface area (Å²) in [7, 11) is 0. The summed E-state index contributed by atoms with van der Waals surface area (Å²) in [5, 5.41) is 0. The van der Waals surface area contributed by atoms with Gasteiger partial charge in [0.15, 0.2) is 0 Å². The van der Waals surface area contributed by atoms with E-state index in [0.29, 0.717) is 0 Å². The minimum absolute atomic E-state index is 0.892. The smallest absolute Gasteiger partial charge is 0.0851 e. The Balaban J connectivity index is 1.67. The summed E-state index contributed by atoms with van der Waals surface area (Å²) in [6, 6.07) is 0. The van der Waals surface area contributed by atoms with Crippen molar-refractivity contribution >= 4 is 6.34 Å². The van der Waals surface area contributed by atoms with Crippen molar-refractivity contribution in [3.63, 3.8) is 0 Å². The SMILES string of the molecule is CC(C)CCCCCCCCCCCCCCN1C=NCC1. The third kappa shape index (κ3) is 12.1. The number of nitrogens with zero attached hydrogens (tertiary/aromatic N) is 2. The molecule has 0 radical (unpaired) electrons. The topological polar surface area (TPSA) is 15.6 Å². The van der Waals surface area contributed by atoms with Crippen LogP contribution in [0.5, 0.6) is 0 Å². The molecule has 0 aromatic carbocycles. The molecule has 130 valence electrons. The first-order chi connectivity index (χ1) is 10.8. The predicted molar refractivity (Wildman–Crippen MR) is 99.8 cm³/mol. The molecule has 0 saturated carbocycles. The van der Waals surface area contributed by atoms with Crippen molar-refractivity contribution in [1.82, 2.24) is 4.90 Å². The second kappa shape index (κ2) is 14.1. The van der Waals surface area contributed by atoms with Crippen LogP contribution in [0.25, 0.3) is 0 Å². The Labute approximate surface area is 139 Å². The van der Waals surface area contributed by atoms with E-state index in [-0.39, 0.29) is 0 Å². The summed E-state index contributed by atoms with van der Waals surface area (Å²) < 4.78 is 0. The summed E-state index contributed by atoms with van der Waals surface area (Å²) in [5.41, 5.74) is 0. The highest BCUT2D eigenvalue weighted by Gasteiger charge is 2.03. The van der Waals surface area contributed by atoms with Crippen LogP contribution in [0.1, 0.15) is 97.3 Å². The maximum atomic E-state index is 4.25. The van der Waals surface area contributed by atoms with Gasteiger partial charge in [0.1, 0.15) is 0 Å². The van der Waals surface area contributed by atoms with Gasteiger partial charge in [0.25, 0.3) is 0 Å². The van der Waals surface area contributed by atoms with E-state index in [1.165, 1.54) is 90.0 Å². The molecule has 0 aromatic rings. The van der Waals surface area contributed by atoms with Gasteiger partial charge in [0.05, 0.1) is 12.9 Å². The summed E-state index contributed by atoms with van der Waals surface area (Å²) in [5.74, 6) is 0.892. The van der Waals surface area contributed by atoms with Crippen LogP contribution in [0.3, 0.4) is 0 Å². The summed E-state index contributed by atoms with van der Waals surface area (Å²) >= 11 is 0. The Morgan fingerprint density at radius 3 is 1.73 bits per heavy atom. The number of rotatable bonds is 15. The second-order valence-electron chi connectivity index (χ2n) is 7.48. The predicted octanol–water partition coefficient (Wildman–Crippen LogP) is 6.06. The van der Waals surface area contributed by atoms with Gasteiger partial charge in [-0.25, -0.2) is 0 Å². The van der Waals surface area contributed by atoms with Crippen molar-refractivity contribution < 1.29 is 0 Å². The van der Waals surface area contributed by atoms with E-state index in [4.69, 9.17) is 0 Å². The molecule has 0 N–H and O–H groups in total. The number of hydrogen-bond donors (Lipinski definition) is 0. The van der Waals surface area contributed by atoms with E-state index in [1.807, 2.05) is 6.34 Å². The van der Waals surface area contributed by atoms with Crippen molar-refractivity contribution in [2.45, 2.75) is 97.3 Å². The van der Waals surface area contributed by atoms with E-state index in [1.54, 1.807) is 0 Å². The fourth-order valence-corrected chi connectivity index (χ4v) is 3.22. The lowest BCUT2D eigenvalue weighted by molar-refractivity contribution is 0.438. The van der Waals surface area contributed by atoms with Gasteiger partial charge in [-0.05, 0) is 12.3 Å². The van der Waals surface area contributed by atoms with Crippen LogP contribution in [-0.2, 0) is 0 Å². The minimum atomic E-state index is 0.892. The third-order valence-electron chi connectivity index (χ3n) is 4.74. The first-order valence-electron chi connectivity index (χ1n) is 10.0. The number of hydrogen-bond acceptors (Lipinski definition) is 2. The van der Waals surface area contributed by atoms with Gasteiger partial charge < -0.3 is 4.90 Å². The molecular formula is C20H40N2. The maximum Gasteiger partial charge on any atom is 0.0851 e. The zero-order chi connectivity index (χ0) is 15.9. The lowest BCUT2D eigenvalue weighted by atomic mass is 10.0. The first kappa shape index (κ1) is 19.5. The standard InChI is InChI=1S/C20H40N2/c1-20(2)15-13-11-9-7-5-3-4-6-8-10-12-14-17-22-18-16-21-19-22/h19-20H,3-18H2,1-2H3. The molecule has 0 amide bonds. The Kier molecular flexibility index (Phi) is 12.5. The van der Waals surface area contributed by atoms with Crippen molar-refractivity contribution in [1.29, 1.82) is 0 Å². The van der Waals surface area contributed by atoms with Crippen LogP contribution < -0.4 is 0 Å². The lowest BCUT2D eigenvalue weighted by Gasteiger charge is -2.12. The maximum absolute atomic E-state index is 4.25. The average Bonchev–Trinajstić information content (AvgIpc) is 3.00. The molecule has 1 heterocycles. The molecule has 0 aromatic heterocycles. The van der Waals surface area contributed by atoms with E-state index in [0.717, 1.165) is 19.0 Å². The molecule has 0 spiro atoms. The molecule has 0 unspecified atom stereocenters. The average molecular weight is 309 g/mol. The summed E-state index contributed by atoms with van der Waals surface area (Å²) in [4.78, 5) is 6.62. The molecule has 0 saturated heterocycles. The normalized spacial score (nSPS) is 14.4. The Hall–Kier alpha value is -0.530.